The first-order chi connectivity index (χ1) is 18.0. The Labute approximate surface area is 224 Å². The van der Waals surface area contributed by atoms with Crippen molar-refractivity contribution in [2.45, 2.75) is 78.4 Å². The predicted molar refractivity (Wildman–Crippen MR) is 153 cm³/mol. The third kappa shape index (κ3) is 6.41. The van der Waals surface area contributed by atoms with Crippen molar-refractivity contribution < 1.29 is 9.47 Å². The molecule has 2 heterocycles. The number of allylic oxidation sites excluding steroid dienone is 1. The van der Waals surface area contributed by atoms with Gasteiger partial charge < -0.3 is 14.4 Å². The maximum atomic E-state index is 6.25. The van der Waals surface area contributed by atoms with Gasteiger partial charge in [-0.25, -0.2) is 0 Å². The van der Waals surface area contributed by atoms with Crippen LogP contribution in [0.4, 0.5) is 0 Å². The highest BCUT2D eigenvalue weighted by Crippen LogP contribution is 2.35. The van der Waals surface area contributed by atoms with Crippen LogP contribution in [0.15, 0.2) is 42.0 Å². The third-order valence-corrected chi connectivity index (χ3v) is 8.73. The number of piperidine rings is 1. The van der Waals surface area contributed by atoms with Crippen LogP contribution in [0.5, 0.6) is 11.5 Å². The zero-order valence-electron chi connectivity index (χ0n) is 23.5. The fourth-order valence-electron chi connectivity index (χ4n) is 6.58. The summed E-state index contributed by atoms with van der Waals surface area (Å²) in [5.41, 5.74) is 8.36. The molecule has 0 N–H and O–H groups in total. The summed E-state index contributed by atoms with van der Waals surface area (Å²) in [7, 11) is 1.75. The van der Waals surface area contributed by atoms with Crippen LogP contribution in [0.1, 0.15) is 75.1 Å². The molecule has 2 saturated heterocycles. The van der Waals surface area contributed by atoms with E-state index in [0.29, 0.717) is 12.5 Å². The molecule has 2 fully saturated rings. The van der Waals surface area contributed by atoms with Gasteiger partial charge in [0.05, 0.1) is 7.11 Å². The molecule has 0 spiro atoms. The number of ether oxygens (including phenoxy) is 2. The molecule has 0 atom stereocenters. The van der Waals surface area contributed by atoms with Gasteiger partial charge in [0.25, 0.3) is 0 Å². The van der Waals surface area contributed by atoms with Crippen LogP contribution in [-0.4, -0.2) is 55.7 Å². The highest BCUT2D eigenvalue weighted by atomic mass is 16.5. The molecule has 37 heavy (non-hydrogen) atoms. The highest BCUT2D eigenvalue weighted by molar-refractivity contribution is 5.72. The minimum Gasteiger partial charge on any atom is -0.496 e. The summed E-state index contributed by atoms with van der Waals surface area (Å²) in [6.07, 6.45) is 8.82. The van der Waals surface area contributed by atoms with E-state index in [0.717, 1.165) is 42.5 Å². The molecule has 200 valence electrons. The van der Waals surface area contributed by atoms with Gasteiger partial charge in [-0.1, -0.05) is 37.6 Å². The van der Waals surface area contributed by atoms with E-state index in [-0.39, 0.29) is 0 Å². The lowest BCUT2D eigenvalue weighted by Crippen LogP contribution is -2.44. The second kappa shape index (κ2) is 12.0. The van der Waals surface area contributed by atoms with Crippen molar-refractivity contribution in [3.05, 3.63) is 64.2 Å². The van der Waals surface area contributed by atoms with Crippen LogP contribution in [0, 0.1) is 5.92 Å². The van der Waals surface area contributed by atoms with Crippen molar-refractivity contribution in [1.82, 2.24) is 9.80 Å². The number of hydrogen-bond acceptors (Lipinski definition) is 4. The second-order valence-corrected chi connectivity index (χ2v) is 11.8. The maximum Gasteiger partial charge on any atom is 0.125 e. The summed E-state index contributed by atoms with van der Waals surface area (Å²) in [4.78, 5) is 5.45. The number of aryl methyl sites for hydroxylation is 1. The van der Waals surface area contributed by atoms with Crippen molar-refractivity contribution >= 4 is 5.57 Å². The topological polar surface area (TPSA) is 24.9 Å². The molecule has 1 aliphatic carbocycles. The minimum absolute atomic E-state index is 0.525. The molecule has 5 rings (SSSR count). The molecule has 0 radical (unpaired) electrons. The SMILES string of the molecule is COc1cc(CC(C)C)ccc1COc1ccc2c(c1)CCC(CN1CCC(N3CCCC3)CC1)=C2C. The summed E-state index contributed by atoms with van der Waals surface area (Å²) in [5.74, 6) is 2.50. The highest BCUT2D eigenvalue weighted by Gasteiger charge is 2.27. The Kier molecular flexibility index (Phi) is 8.56. The Balaban J connectivity index is 1.19. The first-order valence-electron chi connectivity index (χ1n) is 14.6. The lowest BCUT2D eigenvalue weighted by atomic mass is 9.85. The molecule has 4 nitrogen and oxygen atoms in total. The largest absolute Gasteiger partial charge is 0.496 e. The van der Waals surface area contributed by atoms with Crippen molar-refractivity contribution in [3.63, 3.8) is 0 Å². The molecule has 0 unspecified atom stereocenters. The number of likely N-dealkylation sites (tertiary alicyclic amines) is 2. The maximum absolute atomic E-state index is 6.25. The normalized spacial score (nSPS) is 19.5. The average Bonchev–Trinajstić information content (AvgIpc) is 3.45. The number of methoxy groups -OCH3 is 1. The second-order valence-electron chi connectivity index (χ2n) is 11.8. The van der Waals surface area contributed by atoms with Gasteiger partial charge in [-0.15, -0.1) is 0 Å². The van der Waals surface area contributed by atoms with Gasteiger partial charge in [-0.3, -0.25) is 4.90 Å². The fraction of sp³-hybridized carbons (Fsp3) is 0.576. The Morgan fingerprint density at radius 3 is 2.46 bits per heavy atom. The van der Waals surface area contributed by atoms with Crippen molar-refractivity contribution in [2.24, 2.45) is 5.92 Å². The number of nitrogens with zero attached hydrogens (tertiary/aromatic N) is 2. The van der Waals surface area contributed by atoms with Gasteiger partial charge in [0.15, 0.2) is 0 Å². The number of fused-ring (bicyclic) bond motifs is 1. The van der Waals surface area contributed by atoms with Crippen LogP contribution >= 0.6 is 0 Å². The van der Waals surface area contributed by atoms with E-state index in [1.807, 2.05) is 0 Å². The van der Waals surface area contributed by atoms with E-state index in [2.05, 4.69) is 67.0 Å². The lowest BCUT2D eigenvalue weighted by Gasteiger charge is -2.37. The van der Waals surface area contributed by atoms with Crippen LogP contribution in [-0.2, 0) is 19.4 Å². The van der Waals surface area contributed by atoms with Crippen LogP contribution in [0.2, 0.25) is 0 Å². The monoisotopic (exact) mass is 502 g/mol. The van der Waals surface area contributed by atoms with Crippen LogP contribution in [0.25, 0.3) is 5.57 Å². The lowest BCUT2D eigenvalue weighted by molar-refractivity contribution is 0.133. The van der Waals surface area contributed by atoms with Gasteiger partial charge in [0.2, 0.25) is 0 Å². The summed E-state index contributed by atoms with van der Waals surface area (Å²) < 4.78 is 11.9. The Morgan fingerprint density at radius 2 is 1.73 bits per heavy atom. The number of rotatable bonds is 9. The Hall–Kier alpha value is -2.30. The van der Waals surface area contributed by atoms with Crippen molar-refractivity contribution in [2.75, 3.05) is 39.8 Å². The van der Waals surface area contributed by atoms with Gasteiger partial charge >= 0.3 is 0 Å². The van der Waals surface area contributed by atoms with E-state index >= 15 is 0 Å². The van der Waals surface area contributed by atoms with Crippen LogP contribution < -0.4 is 9.47 Å². The fourth-order valence-corrected chi connectivity index (χ4v) is 6.58. The molecule has 0 bridgehead atoms. The van der Waals surface area contributed by atoms with E-state index < -0.39 is 0 Å². The number of benzene rings is 2. The molecule has 0 aromatic heterocycles. The zero-order chi connectivity index (χ0) is 25.8. The first-order valence-corrected chi connectivity index (χ1v) is 14.6. The van der Waals surface area contributed by atoms with Gasteiger partial charge in [0, 0.05) is 18.2 Å². The Morgan fingerprint density at radius 1 is 0.946 bits per heavy atom. The molecule has 4 heteroatoms. The molecule has 0 saturated carbocycles. The minimum atomic E-state index is 0.525. The first kappa shape index (κ1) is 26.3. The van der Waals surface area contributed by atoms with E-state index in [4.69, 9.17) is 9.47 Å². The van der Waals surface area contributed by atoms with E-state index in [1.54, 1.807) is 12.7 Å². The molecule has 0 amide bonds. The van der Waals surface area contributed by atoms with Crippen LogP contribution in [0.3, 0.4) is 0 Å². The van der Waals surface area contributed by atoms with Gasteiger partial charge in [0.1, 0.15) is 18.1 Å². The molecule has 2 aliphatic heterocycles. The summed E-state index contributed by atoms with van der Waals surface area (Å²) in [6.45, 7) is 13.6. The van der Waals surface area contributed by atoms with Crippen molar-refractivity contribution in [1.29, 1.82) is 0 Å². The quantitative estimate of drug-likeness (QED) is 0.379. The molecule has 2 aromatic rings. The van der Waals surface area contributed by atoms with Gasteiger partial charge in [-0.2, -0.15) is 0 Å². The zero-order valence-corrected chi connectivity index (χ0v) is 23.5. The smallest absolute Gasteiger partial charge is 0.125 e. The summed E-state index contributed by atoms with van der Waals surface area (Å²) in [6, 6.07) is 14.0. The predicted octanol–water partition coefficient (Wildman–Crippen LogP) is 6.75. The standard InChI is InChI=1S/C33H46N2O2/c1-24(2)19-26-7-8-29(33(20-26)36-4)23-37-31-11-12-32-25(3)28(10-9-27(32)21-31)22-34-17-13-30(14-18-34)35-15-5-6-16-35/h7-8,11-12,20-21,24,30H,5-6,9-10,13-19,22-23H2,1-4H3. The molecular formula is C33H46N2O2. The van der Waals surface area contributed by atoms with Crippen molar-refractivity contribution in [3.8, 4) is 11.5 Å². The molecule has 3 aliphatic rings. The van der Waals surface area contributed by atoms with E-state index in [9.17, 15) is 0 Å². The summed E-state index contributed by atoms with van der Waals surface area (Å²) in [5, 5.41) is 0. The number of hydrogen-bond donors (Lipinski definition) is 0. The van der Waals surface area contributed by atoms with Gasteiger partial charge in [-0.05, 0) is 124 Å². The molecular weight excluding hydrogens is 456 g/mol. The van der Waals surface area contributed by atoms with E-state index in [1.165, 1.54) is 80.5 Å². The third-order valence-electron chi connectivity index (χ3n) is 8.73. The summed E-state index contributed by atoms with van der Waals surface area (Å²) >= 11 is 0. The average molecular weight is 503 g/mol. The Bertz CT molecular complexity index is 1090. The molecule has 2 aromatic carbocycles.